The summed E-state index contributed by atoms with van der Waals surface area (Å²) < 4.78 is 16.9. The summed E-state index contributed by atoms with van der Waals surface area (Å²) in [5, 5.41) is 15.6. The van der Waals surface area contributed by atoms with Crippen molar-refractivity contribution >= 4 is 73.2 Å². The second kappa shape index (κ2) is 11.9. The van der Waals surface area contributed by atoms with E-state index in [-0.39, 0.29) is 58.0 Å². The molecule has 3 N–H and O–H groups in total. The number of fused-ring (bicyclic) bond motifs is 3. The number of aliphatic hydroxyl groups excluding tert-OH is 1. The predicted octanol–water partition coefficient (Wildman–Crippen LogP) is 3.09. The van der Waals surface area contributed by atoms with Gasteiger partial charge in [0, 0.05) is 29.4 Å². The van der Waals surface area contributed by atoms with E-state index in [0.717, 1.165) is 27.6 Å². The van der Waals surface area contributed by atoms with E-state index in [4.69, 9.17) is 14.2 Å². The molecular weight excluding hydrogens is 419 g/mol. The van der Waals surface area contributed by atoms with Crippen LogP contribution in [0.15, 0.2) is 66.7 Å². The molecular formula is C24H27KN2O4. The summed E-state index contributed by atoms with van der Waals surface area (Å²) in [6.07, 6.45) is -0.628. The molecule has 158 valence electrons. The van der Waals surface area contributed by atoms with Gasteiger partial charge in [0.1, 0.15) is 25.1 Å². The molecule has 1 atom stereocenters. The van der Waals surface area contributed by atoms with Crippen LogP contribution in [-0.4, -0.2) is 101 Å². The van der Waals surface area contributed by atoms with Gasteiger partial charge < -0.3 is 29.6 Å². The second-order valence-electron chi connectivity index (χ2n) is 7.02. The van der Waals surface area contributed by atoms with E-state index < -0.39 is 6.10 Å². The Morgan fingerprint density at radius 2 is 1.58 bits per heavy atom. The molecule has 0 spiro atoms. The first-order valence-electron chi connectivity index (χ1n) is 10.0. The number of para-hydroxylation sites is 3. The number of methoxy groups -OCH3 is 1. The Bertz CT molecular complexity index is 1120. The Labute approximate surface area is 224 Å². The standard InChI is InChI=1S/C24H26N2O4.K.H/c1-28-21-10-4-5-11-22(21)29-14-13-25-15-17(27)16-30-23-12-6-9-20-24(23)18-7-2-3-8-19(18)26-20;;/h2-12,17,25-27H,13-16H2,1H3;;. The maximum absolute atomic E-state index is 10.3. The number of ether oxygens (including phenoxy) is 3. The van der Waals surface area contributed by atoms with Crippen LogP contribution in [0.1, 0.15) is 0 Å². The van der Waals surface area contributed by atoms with Crippen LogP contribution in [0.5, 0.6) is 17.2 Å². The van der Waals surface area contributed by atoms with Gasteiger partial charge in [-0.15, -0.1) is 0 Å². The van der Waals surface area contributed by atoms with Crippen LogP contribution in [0.3, 0.4) is 0 Å². The first-order valence-corrected chi connectivity index (χ1v) is 10.0. The molecule has 0 aliphatic carbocycles. The fourth-order valence-electron chi connectivity index (χ4n) is 3.47. The van der Waals surface area contributed by atoms with Crippen LogP contribution in [0, 0.1) is 0 Å². The van der Waals surface area contributed by atoms with Gasteiger partial charge in [0.05, 0.1) is 12.6 Å². The molecule has 0 aliphatic rings. The molecule has 31 heavy (non-hydrogen) atoms. The summed E-state index contributed by atoms with van der Waals surface area (Å²) in [6.45, 7) is 1.70. The summed E-state index contributed by atoms with van der Waals surface area (Å²) >= 11 is 0. The van der Waals surface area contributed by atoms with E-state index in [0.29, 0.717) is 31.2 Å². The van der Waals surface area contributed by atoms with E-state index >= 15 is 0 Å². The molecule has 0 aliphatic heterocycles. The zero-order valence-electron chi connectivity index (χ0n) is 16.9. The summed E-state index contributed by atoms with van der Waals surface area (Å²) in [6, 6.07) is 21.6. The quantitative estimate of drug-likeness (QED) is 0.258. The van der Waals surface area contributed by atoms with Crippen molar-refractivity contribution in [2.24, 2.45) is 0 Å². The van der Waals surface area contributed by atoms with Gasteiger partial charge in [0.25, 0.3) is 0 Å². The SMILES string of the molecule is COc1ccccc1OCCNCC(O)COc1cccc2[nH]c3ccccc3c12.[KH]. The number of aromatic nitrogens is 1. The van der Waals surface area contributed by atoms with E-state index in [1.807, 2.05) is 60.7 Å². The van der Waals surface area contributed by atoms with Gasteiger partial charge >= 0.3 is 51.4 Å². The molecule has 0 bridgehead atoms. The first-order chi connectivity index (χ1) is 14.8. The van der Waals surface area contributed by atoms with Gasteiger partial charge in [0.15, 0.2) is 11.5 Å². The van der Waals surface area contributed by atoms with Gasteiger partial charge in [-0.3, -0.25) is 0 Å². The fraction of sp³-hybridized carbons (Fsp3) is 0.250. The Balaban J connectivity index is 0.00000272. The average molecular weight is 447 g/mol. The molecule has 7 heteroatoms. The van der Waals surface area contributed by atoms with E-state index in [9.17, 15) is 5.11 Å². The van der Waals surface area contributed by atoms with Gasteiger partial charge in [-0.05, 0) is 30.3 Å². The van der Waals surface area contributed by atoms with Gasteiger partial charge in [-0.2, -0.15) is 0 Å². The minimum absolute atomic E-state index is 0. The zero-order chi connectivity index (χ0) is 20.8. The number of H-pyrrole nitrogens is 1. The topological polar surface area (TPSA) is 75.7 Å². The van der Waals surface area contributed by atoms with E-state index in [1.165, 1.54) is 0 Å². The number of aromatic amines is 1. The van der Waals surface area contributed by atoms with Crippen LogP contribution < -0.4 is 19.5 Å². The van der Waals surface area contributed by atoms with Crippen LogP contribution in [0.2, 0.25) is 0 Å². The second-order valence-corrected chi connectivity index (χ2v) is 7.02. The zero-order valence-corrected chi connectivity index (χ0v) is 16.9. The van der Waals surface area contributed by atoms with Crippen LogP contribution in [0.25, 0.3) is 21.8 Å². The van der Waals surface area contributed by atoms with E-state index in [1.54, 1.807) is 7.11 Å². The molecule has 4 rings (SSSR count). The fourth-order valence-corrected chi connectivity index (χ4v) is 3.47. The third-order valence-electron chi connectivity index (χ3n) is 4.91. The van der Waals surface area contributed by atoms with Crippen molar-refractivity contribution in [3.63, 3.8) is 0 Å². The van der Waals surface area contributed by atoms with Crippen molar-refractivity contribution in [2.75, 3.05) is 33.4 Å². The predicted molar refractivity (Wildman–Crippen MR) is 126 cm³/mol. The molecule has 3 aromatic carbocycles. The normalized spacial score (nSPS) is 11.8. The number of benzene rings is 3. The third-order valence-corrected chi connectivity index (χ3v) is 4.91. The Morgan fingerprint density at radius 3 is 2.42 bits per heavy atom. The number of aliphatic hydroxyl groups is 1. The maximum atomic E-state index is 10.3. The van der Waals surface area contributed by atoms with Crippen molar-refractivity contribution in [2.45, 2.75) is 6.10 Å². The Hall–Kier alpha value is -1.58. The molecule has 4 aromatic rings. The molecule has 0 saturated carbocycles. The summed E-state index contributed by atoms with van der Waals surface area (Å²) in [5.74, 6) is 2.18. The summed E-state index contributed by atoms with van der Waals surface area (Å²) in [4.78, 5) is 3.40. The third kappa shape index (κ3) is 6.02. The first kappa shape index (κ1) is 24.1. The average Bonchev–Trinajstić information content (AvgIpc) is 3.17. The van der Waals surface area contributed by atoms with Crippen molar-refractivity contribution < 1.29 is 19.3 Å². The molecule has 1 heterocycles. The number of hydrogen-bond donors (Lipinski definition) is 3. The van der Waals surface area contributed by atoms with Crippen molar-refractivity contribution in [1.82, 2.24) is 10.3 Å². The van der Waals surface area contributed by atoms with Crippen LogP contribution in [0.4, 0.5) is 0 Å². The number of nitrogens with one attached hydrogen (secondary N) is 2. The molecule has 1 unspecified atom stereocenters. The van der Waals surface area contributed by atoms with Gasteiger partial charge in [0.2, 0.25) is 0 Å². The van der Waals surface area contributed by atoms with Crippen molar-refractivity contribution in [3.8, 4) is 17.2 Å². The van der Waals surface area contributed by atoms with Crippen molar-refractivity contribution in [3.05, 3.63) is 66.7 Å². The number of rotatable bonds is 10. The Morgan fingerprint density at radius 1 is 0.871 bits per heavy atom. The number of hydrogen-bond acceptors (Lipinski definition) is 5. The molecule has 0 amide bonds. The molecule has 0 radical (unpaired) electrons. The molecule has 6 nitrogen and oxygen atoms in total. The van der Waals surface area contributed by atoms with Gasteiger partial charge in [-0.25, -0.2) is 0 Å². The monoisotopic (exact) mass is 446 g/mol. The molecule has 0 saturated heterocycles. The van der Waals surface area contributed by atoms with Crippen LogP contribution in [-0.2, 0) is 0 Å². The van der Waals surface area contributed by atoms with Gasteiger partial charge in [-0.1, -0.05) is 36.4 Å². The molecule has 0 fully saturated rings. The Kier molecular flexibility index (Phi) is 9.22. The minimum atomic E-state index is -0.628. The summed E-state index contributed by atoms with van der Waals surface area (Å²) in [7, 11) is 1.62. The van der Waals surface area contributed by atoms with Crippen LogP contribution >= 0.6 is 0 Å². The van der Waals surface area contributed by atoms with Crippen molar-refractivity contribution in [1.29, 1.82) is 0 Å². The summed E-state index contributed by atoms with van der Waals surface area (Å²) in [5.41, 5.74) is 2.09. The molecule has 1 aromatic heterocycles. The van der Waals surface area contributed by atoms with E-state index in [2.05, 4.69) is 16.4 Å².